The van der Waals surface area contributed by atoms with E-state index in [-0.39, 0.29) is 17.5 Å². The molecule has 5 heteroatoms. The van der Waals surface area contributed by atoms with Crippen LogP contribution in [0.15, 0.2) is 24.3 Å². The van der Waals surface area contributed by atoms with Crippen LogP contribution in [0, 0.1) is 16.2 Å². The van der Waals surface area contributed by atoms with Gasteiger partial charge in [-0.1, -0.05) is 36.7 Å². The van der Waals surface area contributed by atoms with Crippen LogP contribution in [0.3, 0.4) is 0 Å². The molecule has 0 heterocycles. The van der Waals surface area contributed by atoms with Crippen LogP contribution in [-0.2, 0) is 9.59 Å². The van der Waals surface area contributed by atoms with Crippen LogP contribution < -0.4 is 5.32 Å². The highest BCUT2D eigenvalue weighted by Crippen LogP contribution is 2.72. The Morgan fingerprint density at radius 2 is 1.71 bits per heavy atom. The Labute approximate surface area is 150 Å². The third kappa shape index (κ3) is 1.94. The lowest BCUT2D eigenvalue weighted by atomic mass is 9.64. The number of fused-ring (bicyclic) bond motifs is 2. The smallest absolute Gasteiger partial charge is 0.232 e. The summed E-state index contributed by atoms with van der Waals surface area (Å²) in [6.45, 7) is 7.54. The molecule has 1 amide bonds. The number of halogens is 1. The van der Waals surface area contributed by atoms with Gasteiger partial charge in [0.2, 0.25) is 5.91 Å². The van der Waals surface area contributed by atoms with Crippen molar-refractivity contribution in [2.24, 2.45) is 16.2 Å². The van der Waals surface area contributed by atoms with Gasteiger partial charge >= 0.3 is 0 Å². The molecule has 0 spiro atoms. The molecule has 2 fully saturated rings. The Kier molecular flexibility index (Phi) is 3.79. The van der Waals surface area contributed by atoms with E-state index in [0.717, 1.165) is 6.42 Å². The van der Waals surface area contributed by atoms with Gasteiger partial charge in [0.05, 0.1) is 10.2 Å². The standard InChI is InChI=1S/C19H22BrNO3/c1-11(22)12-5-7-13(8-6-12)21-16(24)19-10-9-18(4,17(19,2)3)15(23)14(19)20/h5-8,14H,9-10H2,1-4H3,(H,21,24). The SMILES string of the molecule is CC(=O)c1ccc(NC(=O)C23CCC(C)(C(=O)C2Br)C3(C)C)cc1. The number of amides is 1. The minimum atomic E-state index is -0.752. The van der Waals surface area contributed by atoms with Gasteiger partial charge in [0, 0.05) is 16.7 Å². The van der Waals surface area contributed by atoms with Gasteiger partial charge in [-0.05, 0) is 49.4 Å². The van der Waals surface area contributed by atoms with E-state index >= 15 is 0 Å². The molecule has 2 bridgehead atoms. The van der Waals surface area contributed by atoms with Crippen LogP contribution in [0.1, 0.15) is 50.9 Å². The maximum atomic E-state index is 13.2. The summed E-state index contributed by atoms with van der Waals surface area (Å²) in [5.41, 5.74) is -0.402. The number of ketones is 2. The van der Waals surface area contributed by atoms with Crippen molar-refractivity contribution in [2.45, 2.75) is 45.4 Å². The predicted molar refractivity (Wildman–Crippen MR) is 96.4 cm³/mol. The number of rotatable bonds is 3. The third-order valence-electron chi connectivity index (χ3n) is 6.68. The van der Waals surface area contributed by atoms with Crippen LogP contribution in [0.25, 0.3) is 0 Å². The van der Waals surface area contributed by atoms with E-state index in [0.29, 0.717) is 17.7 Å². The van der Waals surface area contributed by atoms with Crippen LogP contribution in [0.2, 0.25) is 0 Å². The van der Waals surface area contributed by atoms with Crippen molar-refractivity contribution in [2.75, 3.05) is 5.32 Å². The lowest BCUT2D eigenvalue weighted by molar-refractivity contribution is -0.130. The molecule has 2 saturated carbocycles. The molecule has 3 rings (SSSR count). The maximum Gasteiger partial charge on any atom is 0.232 e. The van der Waals surface area contributed by atoms with Gasteiger partial charge in [0.1, 0.15) is 0 Å². The van der Waals surface area contributed by atoms with E-state index < -0.39 is 21.1 Å². The molecule has 128 valence electrons. The number of carbonyl (C=O) groups excluding carboxylic acids is 3. The van der Waals surface area contributed by atoms with Gasteiger partial charge in [-0.3, -0.25) is 14.4 Å². The minimum Gasteiger partial charge on any atom is -0.326 e. The number of carbonyl (C=O) groups is 3. The van der Waals surface area contributed by atoms with Gasteiger partial charge in [-0.2, -0.15) is 0 Å². The number of benzene rings is 1. The number of hydrogen-bond acceptors (Lipinski definition) is 3. The van der Waals surface area contributed by atoms with Crippen molar-refractivity contribution < 1.29 is 14.4 Å². The Morgan fingerprint density at radius 1 is 1.12 bits per heavy atom. The van der Waals surface area contributed by atoms with Crippen molar-refractivity contribution in [3.05, 3.63) is 29.8 Å². The summed E-state index contributed by atoms with van der Waals surface area (Å²) in [4.78, 5) is 36.8. The first-order valence-corrected chi connectivity index (χ1v) is 9.10. The molecule has 0 aromatic heterocycles. The molecule has 0 saturated heterocycles. The lowest BCUT2D eigenvalue weighted by Crippen LogP contribution is -2.47. The van der Waals surface area contributed by atoms with Crippen LogP contribution >= 0.6 is 15.9 Å². The first kappa shape index (κ1) is 17.3. The van der Waals surface area contributed by atoms with Crippen molar-refractivity contribution in [1.82, 2.24) is 0 Å². The van der Waals surface area contributed by atoms with Crippen LogP contribution in [0.5, 0.6) is 0 Å². The molecule has 4 nitrogen and oxygen atoms in total. The maximum absolute atomic E-state index is 13.2. The van der Waals surface area contributed by atoms with Crippen molar-refractivity contribution in [1.29, 1.82) is 0 Å². The second-order valence-electron chi connectivity index (χ2n) is 7.74. The highest BCUT2D eigenvalue weighted by Gasteiger charge is 2.76. The highest BCUT2D eigenvalue weighted by molar-refractivity contribution is 9.10. The van der Waals surface area contributed by atoms with Gasteiger partial charge in [0.15, 0.2) is 11.6 Å². The summed E-state index contributed by atoms with van der Waals surface area (Å²) in [6.07, 6.45) is 1.42. The molecule has 1 aromatic carbocycles. The van der Waals surface area contributed by atoms with Crippen LogP contribution in [-0.4, -0.2) is 22.3 Å². The molecule has 3 atom stereocenters. The first-order chi connectivity index (χ1) is 11.1. The molecule has 24 heavy (non-hydrogen) atoms. The number of anilines is 1. The second-order valence-corrected chi connectivity index (χ2v) is 8.66. The Balaban J connectivity index is 1.92. The molecule has 1 N–H and O–H groups in total. The van der Waals surface area contributed by atoms with E-state index in [9.17, 15) is 14.4 Å². The van der Waals surface area contributed by atoms with E-state index in [1.54, 1.807) is 24.3 Å². The topological polar surface area (TPSA) is 63.2 Å². The van der Waals surface area contributed by atoms with Gasteiger partial charge in [-0.15, -0.1) is 0 Å². The summed E-state index contributed by atoms with van der Waals surface area (Å²) in [7, 11) is 0. The van der Waals surface area contributed by atoms with Crippen molar-refractivity contribution >= 4 is 39.1 Å². The summed E-state index contributed by atoms with van der Waals surface area (Å²) in [5.74, 6) is -0.0126. The fourth-order valence-electron chi connectivity index (χ4n) is 4.49. The largest absolute Gasteiger partial charge is 0.326 e. The number of nitrogens with one attached hydrogen (secondary N) is 1. The summed E-state index contributed by atoms with van der Waals surface area (Å²) in [5, 5.41) is 2.96. The van der Waals surface area contributed by atoms with E-state index in [4.69, 9.17) is 0 Å². The van der Waals surface area contributed by atoms with Gasteiger partial charge in [0.25, 0.3) is 0 Å². The molecule has 2 aliphatic carbocycles. The van der Waals surface area contributed by atoms with Crippen LogP contribution in [0.4, 0.5) is 5.69 Å². The second kappa shape index (κ2) is 5.25. The lowest BCUT2D eigenvalue weighted by Gasteiger charge is -2.39. The first-order valence-electron chi connectivity index (χ1n) is 8.19. The van der Waals surface area contributed by atoms with Crippen molar-refractivity contribution in [3.63, 3.8) is 0 Å². The van der Waals surface area contributed by atoms with E-state index in [1.165, 1.54) is 6.92 Å². The molecular formula is C19H22BrNO3. The quantitative estimate of drug-likeness (QED) is 0.625. The zero-order valence-electron chi connectivity index (χ0n) is 14.4. The zero-order chi connectivity index (χ0) is 17.9. The molecular weight excluding hydrogens is 370 g/mol. The monoisotopic (exact) mass is 391 g/mol. The molecule has 1 aromatic rings. The minimum absolute atomic E-state index is 0.0129. The Morgan fingerprint density at radius 3 is 2.17 bits per heavy atom. The van der Waals surface area contributed by atoms with E-state index in [1.807, 2.05) is 20.8 Å². The summed E-state index contributed by atoms with van der Waals surface area (Å²) < 4.78 is 0. The fourth-order valence-corrected chi connectivity index (χ4v) is 6.00. The molecule has 0 aliphatic heterocycles. The molecule has 3 unspecified atom stereocenters. The third-order valence-corrected chi connectivity index (χ3v) is 7.87. The Bertz CT molecular complexity index is 739. The van der Waals surface area contributed by atoms with Gasteiger partial charge < -0.3 is 5.32 Å². The summed E-state index contributed by atoms with van der Waals surface area (Å²) in [6, 6.07) is 6.86. The van der Waals surface area contributed by atoms with Gasteiger partial charge in [-0.25, -0.2) is 0 Å². The van der Waals surface area contributed by atoms with Crippen molar-refractivity contribution in [3.8, 4) is 0 Å². The molecule has 2 aliphatic rings. The number of alkyl halides is 1. The summed E-state index contributed by atoms with van der Waals surface area (Å²) >= 11 is 3.52. The number of hydrogen-bond donors (Lipinski definition) is 1. The highest BCUT2D eigenvalue weighted by atomic mass is 79.9. The molecule has 0 radical (unpaired) electrons. The average Bonchev–Trinajstić information content (AvgIpc) is 2.80. The Hall–Kier alpha value is -1.49. The predicted octanol–water partition coefficient (Wildman–Crippen LogP) is 3.99. The zero-order valence-corrected chi connectivity index (χ0v) is 16.0. The average molecular weight is 392 g/mol. The number of Topliss-reactive ketones (excluding diaryl/α,β-unsaturated/α-hetero) is 2. The fraction of sp³-hybridized carbons (Fsp3) is 0.526. The normalized spacial score (nSPS) is 33.5. The van der Waals surface area contributed by atoms with E-state index in [2.05, 4.69) is 21.2 Å².